The Balaban J connectivity index is 1.48. The average Bonchev–Trinajstić information content (AvgIpc) is 3.19. The van der Waals surface area contributed by atoms with E-state index in [4.69, 9.17) is 4.74 Å². The molecule has 2 N–H and O–H groups in total. The molecule has 3 rings (SSSR count). The van der Waals surface area contributed by atoms with Crippen molar-refractivity contribution in [3.8, 4) is 0 Å². The van der Waals surface area contributed by atoms with Gasteiger partial charge in [0.25, 0.3) is 0 Å². The molecule has 28 heavy (non-hydrogen) atoms. The molecule has 2 aliphatic rings. The second-order valence-corrected chi connectivity index (χ2v) is 11.0. The molecule has 0 aromatic carbocycles. The fraction of sp³-hybridized carbons (Fsp3) is 0.737. The van der Waals surface area contributed by atoms with Gasteiger partial charge in [-0.25, -0.2) is 8.42 Å². The first-order valence-electron chi connectivity index (χ1n) is 9.90. The van der Waals surface area contributed by atoms with Crippen LogP contribution in [-0.2, 0) is 21.1 Å². The largest absolute Gasteiger partial charge is 0.381 e. The topological polar surface area (TPSA) is 83.0 Å². The summed E-state index contributed by atoms with van der Waals surface area (Å²) in [4.78, 5) is 6.80. The van der Waals surface area contributed by atoms with Crippen LogP contribution < -0.4 is 10.6 Å². The van der Waals surface area contributed by atoms with Crippen LogP contribution in [0.5, 0.6) is 0 Å². The van der Waals surface area contributed by atoms with Crippen molar-refractivity contribution in [1.82, 2.24) is 15.5 Å². The van der Waals surface area contributed by atoms with Gasteiger partial charge in [-0.05, 0) is 48.1 Å². The van der Waals surface area contributed by atoms with Crippen LogP contribution in [0.3, 0.4) is 0 Å². The van der Waals surface area contributed by atoms with Gasteiger partial charge < -0.3 is 15.4 Å². The molecule has 0 bridgehead atoms. The Bertz CT molecular complexity index is 735. The van der Waals surface area contributed by atoms with E-state index in [-0.39, 0.29) is 0 Å². The zero-order chi connectivity index (χ0) is 20.0. The van der Waals surface area contributed by atoms with Crippen LogP contribution in [0.25, 0.3) is 0 Å². The lowest BCUT2D eigenvalue weighted by atomic mass is 9.99. The van der Waals surface area contributed by atoms with Crippen LogP contribution in [0.15, 0.2) is 21.8 Å². The average molecular weight is 429 g/mol. The number of sulfone groups is 1. The molecule has 0 unspecified atom stereocenters. The number of piperidine rings is 1. The van der Waals surface area contributed by atoms with E-state index in [1.54, 1.807) is 18.4 Å². The summed E-state index contributed by atoms with van der Waals surface area (Å²) in [6.45, 7) is 4.46. The maximum atomic E-state index is 12.4. The van der Waals surface area contributed by atoms with Crippen molar-refractivity contribution in [3.63, 3.8) is 0 Å². The number of rotatable bonds is 6. The third-order valence-electron chi connectivity index (χ3n) is 5.91. The predicted octanol–water partition coefficient (Wildman–Crippen LogP) is 1.47. The Labute approximate surface area is 172 Å². The van der Waals surface area contributed by atoms with Crippen molar-refractivity contribution in [2.45, 2.75) is 43.0 Å². The summed E-state index contributed by atoms with van der Waals surface area (Å²) in [6.07, 6.45) is 4.48. The van der Waals surface area contributed by atoms with Crippen LogP contribution in [0, 0.1) is 0 Å². The Morgan fingerprint density at radius 2 is 2.07 bits per heavy atom. The molecule has 158 valence electrons. The summed E-state index contributed by atoms with van der Waals surface area (Å²) in [7, 11) is -1.45. The third kappa shape index (κ3) is 5.46. The minimum absolute atomic E-state index is 0.355. The van der Waals surface area contributed by atoms with Crippen molar-refractivity contribution in [1.29, 1.82) is 0 Å². The first kappa shape index (κ1) is 21.5. The summed E-state index contributed by atoms with van der Waals surface area (Å²) in [5, 5.41) is 11.1. The number of guanidine groups is 1. The maximum absolute atomic E-state index is 12.4. The lowest BCUT2D eigenvalue weighted by molar-refractivity contribution is 0.0756. The molecule has 1 aromatic rings. The monoisotopic (exact) mass is 428 g/mol. The van der Waals surface area contributed by atoms with Crippen LogP contribution in [0.1, 0.15) is 31.2 Å². The van der Waals surface area contributed by atoms with Crippen molar-refractivity contribution in [2.75, 3.05) is 46.2 Å². The molecule has 0 atom stereocenters. The van der Waals surface area contributed by atoms with Gasteiger partial charge in [0.1, 0.15) is 0 Å². The lowest BCUT2D eigenvalue weighted by Crippen LogP contribution is -2.55. The number of hydrogen-bond donors (Lipinski definition) is 2. The quantitative estimate of drug-likeness (QED) is 0.527. The molecule has 3 heterocycles. The van der Waals surface area contributed by atoms with Gasteiger partial charge in [-0.2, -0.15) is 11.3 Å². The highest BCUT2D eigenvalue weighted by Gasteiger charge is 2.42. The number of thiophene rings is 1. The van der Waals surface area contributed by atoms with Crippen LogP contribution in [0.2, 0.25) is 0 Å². The Hall–Kier alpha value is -1.16. The zero-order valence-electron chi connectivity index (χ0n) is 16.8. The van der Waals surface area contributed by atoms with Gasteiger partial charge >= 0.3 is 0 Å². The van der Waals surface area contributed by atoms with Crippen LogP contribution in [0.4, 0.5) is 0 Å². The van der Waals surface area contributed by atoms with E-state index in [9.17, 15) is 8.42 Å². The number of aliphatic imine (C=N–C) groups is 1. The molecular weight excluding hydrogens is 396 g/mol. The summed E-state index contributed by atoms with van der Waals surface area (Å²) in [5.41, 5.74) is 1.39. The summed E-state index contributed by atoms with van der Waals surface area (Å²) in [6, 6.07) is 2.54. The second-order valence-electron chi connectivity index (χ2n) is 7.82. The SMILES string of the molecule is CN=C(NCC1(S(C)(=O)=O)CCOCC1)NC1CCN(Cc2ccsc2)CC1. The molecule has 1 aromatic heterocycles. The van der Waals surface area contributed by atoms with E-state index in [0.717, 1.165) is 32.5 Å². The van der Waals surface area contributed by atoms with E-state index < -0.39 is 14.6 Å². The van der Waals surface area contributed by atoms with E-state index in [0.29, 0.717) is 44.6 Å². The van der Waals surface area contributed by atoms with Gasteiger partial charge in [0.05, 0.1) is 4.75 Å². The Kier molecular flexibility index (Phi) is 7.36. The van der Waals surface area contributed by atoms with Gasteiger partial charge in [0, 0.05) is 58.7 Å². The van der Waals surface area contributed by atoms with Gasteiger partial charge in [0.2, 0.25) is 0 Å². The number of nitrogens with one attached hydrogen (secondary N) is 2. The minimum atomic E-state index is -3.19. The van der Waals surface area contributed by atoms with Crippen molar-refractivity contribution < 1.29 is 13.2 Å². The van der Waals surface area contributed by atoms with E-state index >= 15 is 0 Å². The zero-order valence-corrected chi connectivity index (χ0v) is 18.4. The highest BCUT2D eigenvalue weighted by Crippen LogP contribution is 2.28. The minimum Gasteiger partial charge on any atom is -0.381 e. The molecule has 2 fully saturated rings. The molecule has 0 radical (unpaired) electrons. The predicted molar refractivity (Wildman–Crippen MR) is 115 cm³/mol. The molecule has 0 saturated carbocycles. The van der Waals surface area contributed by atoms with Crippen LogP contribution in [-0.4, -0.2) is 76.2 Å². The van der Waals surface area contributed by atoms with Crippen molar-refractivity contribution >= 4 is 27.1 Å². The number of likely N-dealkylation sites (tertiary alicyclic amines) is 1. The molecule has 0 amide bonds. The standard InChI is InChI=1S/C19H32N4O3S2/c1-20-18(21-15-19(28(2,24)25)6-10-26-11-7-19)22-17-3-8-23(9-4-17)13-16-5-12-27-14-16/h5,12,14,17H,3-4,6-11,13,15H2,1-2H3,(H2,20,21,22). The van der Waals surface area contributed by atoms with E-state index in [2.05, 4.69) is 37.4 Å². The third-order valence-corrected chi connectivity index (χ3v) is 8.76. The Morgan fingerprint density at radius 3 is 2.64 bits per heavy atom. The summed E-state index contributed by atoms with van der Waals surface area (Å²) >= 11 is 1.74. The molecule has 2 saturated heterocycles. The van der Waals surface area contributed by atoms with Gasteiger partial charge in [-0.15, -0.1) is 0 Å². The number of hydrogen-bond acceptors (Lipinski definition) is 6. The Morgan fingerprint density at radius 1 is 1.36 bits per heavy atom. The highest BCUT2D eigenvalue weighted by molar-refractivity contribution is 7.92. The van der Waals surface area contributed by atoms with Gasteiger partial charge in [-0.3, -0.25) is 9.89 Å². The number of nitrogens with zero attached hydrogens (tertiary/aromatic N) is 2. The van der Waals surface area contributed by atoms with Gasteiger partial charge in [0.15, 0.2) is 15.8 Å². The van der Waals surface area contributed by atoms with E-state index in [1.165, 1.54) is 11.8 Å². The molecule has 0 spiro atoms. The molecule has 9 heteroatoms. The van der Waals surface area contributed by atoms with E-state index in [1.807, 2.05) is 0 Å². The van der Waals surface area contributed by atoms with Gasteiger partial charge in [-0.1, -0.05) is 0 Å². The van der Waals surface area contributed by atoms with Crippen molar-refractivity contribution in [2.24, 2.45) is 4.99 Å². The fourth-order valence-electron chi connectivity index (χ4n) is 3.93. The summed E-state index contributed by atoms with van der Waals surface area (Å²) < 4.78 is 29.4. The number of ether oxygens (including phenoxy) is 1. The first-order valence-corrected chi connectivity index (χ1v) is 12.7. The lowest BCUT2D eigenvalue weighted by Gasteiger charge is -2.37. The smallest absolute Gasteiger partial charge is 0.191 e. The molecule has 2 aliphatic heterocycles. The highest BCUT2D eigenvalue weighted by atomic mass is 32.2. The molecule has 7 nitrogen and oxygen atoms in total. The van der Waals surface area contributed by atoms with Crippen molar-refractivity contribution in [3.05, 3.63) is 22.4 Å². The molecule has 0 aliphatic carbocycles. The first-order chi connectivity index (χ1) is 13.4. The second kappa shape index (κ2) is 9.56. The normalized spacial score (nSPS) is 22.1. The molecular formula is C19H32N4O3S2. The summed E-state index contributed by atoms with van der Waals surface area (Å²) in [5.74, 6) is 0.686. The fourth-order valence-corrected chi connectivity index (χ4v) is 5.83. The van der Waals surface area contributed by atoms with Crippen LogP contribution >= 0.6 is 11.3 Å². The maximum Gasteiger partial charge on any atom is 0.191 e.